The highest BCUT2D eigenvalue weighted by atomic mass is 16.7. The fourth-order valence-corrected chi connectivity index (χ4v) is 0.272. The maximum Gasteiger partial charge on any atom is 0.139 e. The van der Waals surface area contributed by atoms with Gasteiger partial charge in [-0.15, -0.1) is 0 Å². The van der Waals surface area contributed by atoms with Crippen LogP contribution in [0.5, 0.6) is 0 Å². The van der Waals surface area contributed by atoms with Gasteiger partial charge in [-0.05, 0) is 0 Å². The summed E-state index contributed by atoms with van der Waals surface area (Å²) in [6.07, 6.45) is 0. The van der Waals surface area contributed by atoms with E-state index in [1.165, 1.54) is 12.2 Å². The Kier molecular flexibility index (Phi) is 3.46. The van der Waals surface area contributed by atoms with Crippen LogP contribution in [0.25, 0.3) is 0 Å². The summed E-state index contributed by atoms with van der Waals surface area (Å²) in [4.78, 5) is 4.75. The molecule has 0 amide bonds. The summed E-state index contributed by atoms with van der Waals surface area (Å²) in [6.45, 7) is 6.78. The van der Waals surface area contributed by atoms with Crippen LogP contribution in [0, 0.1) is 0 Å². The van der Waals surface area contributed by atoms with E-state index < -0.39 is 0 Å². The van der Waals surface area contributed by atoms with E-state index >= 15 is 0 Å². The highest BCUT2D eigenvalue weighted by Crippen LogP contribution is 1.90. The van der Waals surface area contributed by atoms with E-state index in [1.807, 2.05) is 0 Å². The number of hydrazone groups is 1. The van der Waals surface area contributed by atoms with E-state index in [-0.39, 0.29) is 0 Å². The minimum Gasteiger partial charge on any atom is -0.276 e. The standard InChI is InChI=1S/C5H11N3O/c1-5(7-6-2)8(3)9-4/h7H,1-2H2,3-4H3. The summed E-state index contributed by atoms with van der Waals surface area (Å²) in [5, 5.41) is 4.82. The van der Waals surface area contributed by atoms with Crippen molar-refractivity contribution < 1.29 is 4.84 Å². The highest BCUT2D eigenvalue weighted by molar-refractivity contribution is 5.22. The quantitative estimate of drug-likeness (QED) is 0.434. The van der Waals surface area contributed by atoms with Crippen molar-refractivity contribution in [2.45, 2.75) is 0 Å². The Hall–Kier alpha value is -1.03. The molecule has 9 heavy (non-hydrogen) atoms. The minimum absolute atomic E-state index is 0.549. The average Bonchev–Trinajstić information content (AvgIpc) is 1.87. The van der Waals surface area contributed by atoms with E-state index in [0.29, 0.717) is 5.82 Å². The number of nitrogens with one attached hydrogen (secondary N) is 1. The van der Waals surface area contributed by atoms with Gasteiger partial charge in [-0.3, -0.25) is 10.3 Å². The van der Waals surface area contributed by atoms with Gasteiger partial charge >= 0.3 is 0 Å². The molecule has 0 radical (unpaired) electrons. The van der Waals surface area contributed by atoms with E-state index in [2.05, 4.69) is 23.8 Å². The number of rotatable bonds is 4. The normalized spacial score (nSPS) is 8.22. The third-order valence-corrected chi connectivity index (χ3v) is 0.862. The zero-order valence-electron chi connectivity index (χ0n) is 5.72. The average molecular weight is 129 g/mol. The molecular weight excluding hydrogens is 118 g/mol. The molecule has 0 aliphatic heterocycles. The van der Waals surface area contributed by atoms with Gasteiger partial charge in [0.15, 0.2) is 0 Å². The Balaban J connectivity index is 3.58. The molecule has 1 N–H and O–H groups in total. The van der Waals surface area contributed by atoms with E-state index in [9.17, 15) is 0 Å². The van der Waals surface area contributed by atoms with Gasteiger partial charge in [0.05, 0.1) is 7.11 Å². The topological polar surface area (TPSA) is 36.9 Å². The first kappa shape index (κ1) is 7.97. The molecule has 0 fully saturated rings. The first-order valence-electron chi connectivity index (χ1n) is 2.41. The summed E-state index contributed by atoms with van der Waals surface area (Å²) >= 11 is 0. The van der Waals surface area contributed by atoms with Crippen molar-refractivity contribution in [2.75, 3.05) is 14.2 Å². The van der Waals surface area contributed by atoms with E-state index in [1.54, 1.807) is 7.05 Å². The van der Waals surface area contributed by atoms with E-state index in [4.69, 9.17) is 4.84 Å². The van der Waals surface area contributed by atoms with Crippen molar-refractivity contribution in [3.05, 3.63) is 12.4 Å². The smallest absolute Gasteiger partial charge is 0.139 e. The van der Waals surface area contributed by atoms with Crippen LogP contribution in [0.15, 0.2) is 17.5 Å². The van der Waals surface area contributed by atoms with Crippen LogP contribution in [0.2, 0.25) is 0 Å². The number of hydrogen-bond donors (Lipinski definition) is 1. The Morgan fingerprint density at radius 2 is 2.33 bits per heavy atom. The molecule has 0 heterocycles. The molecule has 0 aliphatic rings. The zero-order valence-corrected chi connectivity index (χ0v) is 5.72. The fourth-order valence-electron chi connectivity index (χ4n) is 0.272. The van der Waals surface area contributed by atoms with Crippen molar-refractivity contribution in [1.82, 2.24) is 10.5 Å². The van der Waals surface area contributed by atoms with Crippen LogP contribution in [0.3, 0.4) is 0 Å². The van der Waals surface area contributed by atoms with Gasteiger partial charge in [0.2, 0.25) is 0 Å². The van der Waals surface area contributed by atoms with Gasteiger partial charge < -0.3 is 0 Å². The van der Waals surface area contributed by atoms with Crippen molar-refractivity contribution in [1.29, 1.82) is 0 Å². The summed E-state index contributed by atoms with van der Waals surface area (Å²) < 4.78 is 0. The SMILES string of the molecule is C=NNC(=C)N(C)OC. The predicted octanol–water partition coefficient (Wildman–Crippen LogP) is 0.156. The van der Waals surface area contributed by atoms with Gasteiger partial charge in [-0.2, -0.15) is 5.10 Å². The lowest BCUT2D eigenvalue weighted by molar-refractivity contribution is -0.0823. The molecule has 4 heteroatoms. The lowest BCUT2D eigenvalue weighted by Gasteiger charge is -2.16. The van der Waals surface area contributed by atoms with Crippen LogP contribution in [-0.4, -0.2) is 25.9 Å². The second-order valence-corrected chi connectivity index (χ2v) is 1.40. The van der Waals surface area contributed by atoms with Gasteiger partial charge in [0.1, 0.15) is 5.82 Å². The molecular formula is C5H11N3O. The summed E-state index contributed by atoms with van der Waals surface area (Å²) in [6, 6.07) is 0. The summed E-state index contributed by atoms with van der Waals surface area (Å²) in [5.74, 6) is 0.549. The Bertz CT molecular complexity index is 113. The van der Waals surface area contributed by atoms with Crippen LogP contribution < -0.4 is 5.43 Å². The summed E-state index contributed by atoms with van der Waals surface area (Å²) in [7, 11) is 3.25. The molecule has 0 aromatic rings. The molecule has 0 saturated heterocycles. The van der Waals surface area contributed by atoms with Crippen molar-refractivity contribution in [2.24, 2.45) is 5.10 Å². The number of hydroxylamine groups is 2. The summed E-state index contributed by atoms with van der Waals surface area (Å²) in [5.41, 5.74) is 2.52. The van der Waals surface area contributed by atoms with Gasteiger partial charge in [-0.25, -0.2) is 5.06 Å². The molecule has 0 bridgehead atoms. The van der Waals surface area contributed by atoms with Gasteiger partial charge in [0, 0.05) is 13.8 Å². The Morgan fingerprint density at radius 3 is 2.67 bits per heavy atom. The van der Waals surface area contributed by atoms with E-state index in [0.717, 1.165) is 0 Å². The fraction of sp³-hybridized carbons (Fsp3) is 0.400. The molecule has 0 aromatic heterocycles. The monoisotopic (exact) mass is 129 g/mol. The first-order valence-corrected chi connectivity index (χ1v) is 2.41. The number of nitrogens with zero attached hydrogens (tertiary/aromatic N) is 2. The Labute approximate surface area is 54.8 Å². The molecule has 0 unspecified atom stereocenters. The molecule has 52 valence electrons. The molecule has 0 atom stereocenters. The van der Waals surface area contributed by atoms with Crippen molar-refractivity contribution in [3.8, 4) is 0 Å². The maximum atomic E-state index is 4.75. The zero-order chi connectivity index (χ0) is 7.28. The molecule has 0 aromatic carbocycles. The molecule has 0 saturated carbocycles. The molecule has 4 nitrogen and oxygen atoms in total. The van der Waals surface area contributed by atoms with Crippen molar-refractivity contribution in [3.63, 3.8) is 0 Å². The third kappa shape index (κ3) is 2.71. The molecule has 0 spiro atoms. The predicted molar refractivity (Wildman–Crippen MR) is 36.6 cm³/mol. The second-order valence-electron chi connectivity index (χ2n) is 1.40. The lowest BCUT2D eigenvalue weighted by Crippen LogP contribution is -2.23. The lowest BCUT2D eigenvalue weighted by atomic mass is 10.8. The Morgan fingerprint density at radius 1 is 1.78 bits per heavy atom. The van der Waals surface area contributed by atoms with Crippen LogP contribution in [-0.2, 0) is 4.84 Å². The minimum atomic E-state index is 0.549. The first-order chi connectivity index (χ1) is 4.22. The number of hydrogen-bond acceptors (Lipinski definition) is 4. The maximum absolute atomic E-state index is 4.75. The molecule has 0 rings (SSSR count). The van der Waals surface area contributed by atoms with Crippen LogP contribution in [0.1, 0.15) is 0 Å². The third-order valence-electron chi connectivity index (χ3n) is 0.862. The van der Waals surface area contributed by atoms with Gasteiger partial charge in [0.25, 0.3) is 0 Å². The highest BCUT2D eigenvalue weighted by Gasteiger charge is 1.94. The van der Waals surface area contributed by atoms with Crippen LogP contribution >= 0.6 is 0 Å². The largest absolute Gasteiger partial charge is 0.276 e. The van der Waals surface area contributed by atoms with Gasteiger partial charge in [-0.1, -0.05) is 6.58 Å². The molecule has 0 aliphatic carbocycles. The van der Waals surface area contributed by atoms with Crippen molar-refractivity contribution >= 4 is 6.72 Å². The van der Waals surface area contributed by atoms with Crippen LogP contribution in [0.4, 0.5) is 0 Å². The second kappa shape index (κ2) is 3.91.